The van der Waals surface area contributed by atoms with Gasteiger partial charge in [-0.05, 0) is 30.2 Å². The van der Waals surface area contributed by atoms with Crippen LogP contribution in [0.3, 0.4) is 0 Å². The second-order valence-electron chi connectivity index (χ2n) is 5.46. The van der Waals surface area contributed by atoms with Gasteiger partial charge < -0.3 is 19.8 Å². The Bertz CT molecular complexity index is 579. The lowest BCUT2D eigenvalue weighted by Crippen LogP contribution is -2.27. The normalized spacial score (nSPS) is 10.7. The van der Waals surface area contributed by atoms with E-state index in [9.17, 15) is 4.79 Å². The molecule has 0 saturated heterocycles. The van der Waals surface area contributed by atoms with E-state index < -0.39 is 0 Å². The summed E-state index contributed by atoms with van der Waals surface area (Å²) in [7, 11) is 0. The Kier molecular flexibility index (Phi) is 6.03. The number of amides is 1. The van der Waals surface area contributed by atoms with Crippen LogP contribution in [0.25, 0.3) is 0 Å². The van der Waals surface area contributed by atoms with E-state index in [1.165, 1.54) is 0 Å². The van der Waals surface area contributed by atoms with Crippen LogP contribution in [0.5, 0.6) is 5.75 Å². The molecule has 0 aliphatic rings. The van der Waals surface area contributed by atoms with Crippen LogP contribution in [0.1, 0.15) is 19.6 Å². The Morgan fingerprint density at radius 2 is 2.14 bits per heavy atom. The number of ether oxygens (including phenoxy) is 1. The summed E-state index contributed by atoms with van der Waals surface area (Å²) in [5.74, 6) is 1.92. The highest BCUT2D eigenvalue weighted by atomic mass is 16.5. The number of anilines is 1. The molecule has 0 unspecified atom stereocenters. The molecular weight excluding hydrogens is 280 g/mol. The number of hydrogen-bond acceptors (Lipinski definition) is 4. The van der Waals surface area contributed by atoms with Crippen molar-refractivity contribution in [3.05, 3.63) is 48.4 Å². The van der Waals surface area contributed by atoms with E-state index >= 15 is 0 Å². The maximum Gasteiger partial charge on any atom is 0.238 e. The minimum Gasteiger partial charge on any atom is -0.493 e. The topological polar surface area (TPSA) is 63.5 Å². The molecule has 22 heavy (non-hydrogen) atoms. The van der Waals surface area contributed by atoms with Gasteiger partial charge in [0.05, 0.1) is 26.0 Å². The van der Waals surface area contributed by atoms with Crippen molar-refractivity contribution in [3.8, 4) is 5.75 Å². The molecule has 118 valence electrons. The fraction of sp³-hybridized carbons (Fsp3) is 0.353. The van der Waals surface area contributed by atoms with Gasteiger partial charge in [0.15, 0.2) is 0 Å². The summed E-state index contributed by atoms with van der Waals surface area (Å²) in [6, 6.07) is 11.1. The van der Waals surface area contributed by atoms with Gasteiger partial charge in [0.25, 0.3) is 0 Å². The zero-order valence-electron chi connectivity index (χ0n) is 13.0. The van der Waals surface area contributed by atoms with Crippen LogP contribution in [-0.2, 0) is 11.3 Å². The van der Waals surface area contributed by atoms with Gasteiger partial charge in [-0.3, -0.25) is 4.79 Å². The number of rotatable bonds is 8. The summed E-state index contributed by atoms with van der Waals surface area (Å²) in [6.07, 6.45) is 1.61. The summed E-state index contributed by atoms with van der Waals surface area (Å²) in [5.41, 5.74) is 0.728. The van der Waals surface area contributed by atoms with Crippen molar-refractivity contribution in [3.63, 3.8) is 0 Å². The molecule has 1 heterocycles. The molecule has 5 nitrogen and oxygen atoms in total. The molecule has 0 saturated carbocycles. The Morgan fingerprint density at radius 1 is 1.27 bits per heavy atom. The Balaban J connectivity index is 1.77. The van der Waals surface area contributed by atoms with Crippen LogP contribution in [0.4, 0.5) is 5.69 Å². The van der Waals surface area contributed by atoms with Gasteiger partial charge in [-0.2, -0.15) is 0 Å². The van der Waals surface area contributed by atoms with E-state index in [2.05, 4.69) is 24.5 Å². The number of benzene rings is 1. The molecule has 1 aromatic heterocycles. The molecule has 0 atom stereocenters. The monoisotopic (exact) mass is 302 g/mol. The van der Waals surface area contributed by atoms with Gasteiger partial charge in [-0.25, -0.2) is 0 Å². The summed E-state index contributed by atoms with van der Waals surface area (Å²) in [4.78, 5) is 11.9. The standard InChI is InChI=1S/C17H22N2O3/c1-13(2)12-22-15-6-3-5-14(9-15)19-17(20)11-18-10-16-7-4-8-21-16/h3-9,13,18H,10-12H2,1-2H3,(H,19,20). The SMILES string of the molecule is CC(C)COc1cccc(NC(=O)CNCc2ccco2)c1. The number of nitrogens with one attached hydrogen (secondary N) is 2. The Hall–Kier alpha value is -2.27. The van der Waals surface area contributed by atoms with Crippen molar-refractivity contribution in [1.29, 1.82) is 0 Å². The van der Waals surface area contributed by atoms with E-state index in [4.69, 9.17) is 9.15 Å². The average molecular weight is 302 g/mol. The first-order chi connectivity index (χ1) is 10.6. The smallest absolute Gasteiger partial charge is 0.238 e. The van der Waals surface area contributed by atoms with Gasteiger partial charge in [-0.15, -0.1) is 0 Å². The summed E-state index contributed by atoms with van der Waals surface area (Å²) >= 11 is 0. The fourth-order valence-electron chi connectivity index (χ4n) is 1.84. The van der Waals surface area contributed by atoms with Crippen molar-refractivity contribution in [2.45, 2.75) is 20.4 Å². The molecule has 0 radical (unpaired) electrons. The summed E-state index contributed by atoms with van der Waals surface area (Å²) < 4.78 is 10.8. The maximum atomic E-state index is 11.9. The number of furan rings is 1. The average Bonchev–Trinajstić information content (AvgIpc) is 2.99. The van der Waals surface area contributed by atoms with Crippen molar-refractivity contribution in [1.82, 2.24) is 5.32 Å². The van der Waals surface area contributed by atoms with Gasteiger partial charge >= 0.3 is 0 Å². The quantitative estimate of drug-likeness (QED) is 0.786. The van der Waals surface area contributed by atoms with Crippen LogP contribution in [-0.4, -0.2) is 19.1 Å². The van der Waals surface area contributed by atoms with Crippen LogP contribution in [0.15, 0.2) is 47.1 Å². The predicted octanol–water partition coefficient (Wildman–Crippen LogP) is 3.04. The molecule has 2 N–H and O–H groups in total. The summed E-state index contributed by atoms with van der Waals surface area (Å²) in [5, 5.41) is 5.86. The summed E-state index contributed by atoms with van der Waals surface area (Å²) in [6.45, 7) is 5.59. The third-order valence-electron chi connectivity index (χ3n) is 2.87. The van der Waals surface area contributed by atoms with Gasteiger partial charge in [-0.1, -0.05) is 19.9 Å². The second kappa shape index (κ2) is 8.24. The van der Waals surface area contributed by atoms with Gasteiger partial charge in [0.2, 0.25) is 5.91 Å². The third kappa shape index (κ3) is 5.61. The van der Waals surface area contributed by atoms with E-state index in [1.807, 2.05) is 36.4 Å². The lowest BCUT2D eigenvalue weighted by Gasteiger charge is -2.11. The van der Waals surface area contributed by atoms with Crippen LogP contribution in [0.2, 0.25) is 0 Å². The zero-order valence-corrected chi connectivity index (χ0v) is 13.0. The number of hydrogen-bond donors (Lipinski definition) is 2. The number of carbonyl (C=O) groups is 1. The van der Waals surface area contributed by atoms with Crippen LogP contribution in [0, 0.1) is 5.92 Å². The zero-order chi connectivity index (χ0) is 15.8. The highest BCUT2D eigenvalue weighted by Gasteiger charge is 2.04. The minimum absolute atomic E-state index is 0.104. The molecule has 2 aromatic rings. The maximum absolute atomic E-state index is 11.9. The number of carbonyl (C=O) groups excluding carboxylic acids is 1. The second-order valence-corrected chi connectivity index (χ2v) is 5.46. The Morgan fingerprint density at radius 3 is 2.86 bits per heavy atom. The first-order valence-electron chi connectivity index (χ1n) is 7.39. The molecule has 1 amide bonds. The van der Waals surface area contributed by atoms with Crippen LogP contribution < -0.4 is 15.4 Å². The van der Waals surface area contributed by atoms with Gasteiger partial charge in [0, 0.05) is 11.8 Å². The fourth-order valence-corrected chi connectivity index (χ4v) is 1.84. The van der Waals surface area contributed by atoms with Crippen molar-refractivity contribution in [2.24, 2.45) is 5.92 Å². The Labute approximate surface area is 130 Å². The van der Waals surface area contributed by atoms with E-state index in [1.54, 1.807) is 6.26 Å². The van der Waals surface area contributed by atoms with Crippen molar-refractivity contribution >= 4 is 11.6 Å². The van der Waals surface area contributed by atoms with Crippen LogP contribution >= 0.6 is 0 Å². The predicted molar refractivity (Wildman–Crippen MR) is 85.8 cm³/mol. The van der Waals surface area contributed by atoms with Gasteiger partial charge in [0.1, 0.15) is 11.5 Å². The van der Waals surface area contributed by atoms with Crippen molar-refractivity contribution < 1.29 is 13.9 Å². The largest absolute Gasteiger partial charge is 0.493 e. The molecule has 2 rings (SSSR count). The lowest BCUT2D eigenvalue weighted by molar-refractivity contribution is -0.115. The molecule has 0 aliphatic carbocycles. The highest BCUT2D eigenvalue weighted by molar-refractivity contribution is 5.92. The molecule has 5 heteroatoms. The molecule has 0 fully saturated rings. The minimum atomic E-state index is -0.104. The van der Waals surface area contributed by atoms with E-state index in [-0.39, 0.29) is 12.5 Å². The highest BCUT2D eigenvalue weighted by Crippen LogP contribution is 2.17. The molecule has 0 bridgehead atoms. The lowest BCUT2D eigenvalue weighted by atomic mass is 10.2. The van der Waals surface area contributed by atoms with Crippen molar-refractivity contribution in [2.75, 3.05) is 18.5 Å². The first-order valence-corrected chi connectivity index (χ1v) is 7.39. The third-order valence-corrected chi connectivity index (χ3v) is 2.87. The molecule has 0 spiro atoms. The molecule has 1 aromatic carbocycles. The first kappa shape index (κ1) is 16.1. The molecular formula is C17H22N2O3. The molecule has 0 aliphatic heterocycles. The van der Waals surface area contributed by atoms with E-state index in [0.29, 0.717) is 19.1 Å². The van der Waals surface area contributed by atoms with E-state index in [0.717, 1.165) is 17.2 Å².